The van der Waals surface area contributed by atoms with Gasteiger partial charge in [0.15, 0.2) is 5.82 Å². The van der Waals surface area contributed by atoms with E-state index in [2.05, 4.69) is 15.4 Å². The van der Waals surface area contributed by atoms with Gasteiger partial charge in [0.25, 0.3) is 0 Å². The Bertz CT molecular complexity index is 929. The summed E-state index contributed by atoms with van der Waals surface area (Å²) >= 11 is 5.92. The van der Waals surface area contributed by atoms with Crippen LogP contribution in [0, 0.1) is 0 Å². The Morgan fingerprint density at radius 2 is 1.89 bits per heavy atom. The normalized spacial score (nSPS) is 16.3. The third-order valence-electron chi connectivity index (χ3n) is 4.70. The molecule has 0 spiro atoms. The molecule has 8 heteroatoms. The second-order valence-electron chi connectivity index (χ2n) is 6.70. The molecular formula is C20H20ClN5O2. The first-order valence-corrected chi connectivity index (χ1v) is 9.56. The van der Waals surface area contributed by atoms with Crippen LogP contribution in [0.15, 0.2) is 54.6 Å². The maximum atomic E-state index is 12.5. The molecule has 0 N–H and O–H groups in total. The van der Waals surface area contributed by atoms with Gasteiger partial charge < -0.3 is 4.74 Å². The Balaban J connectivity index is 1.39. The van der Waals surface area contributed by atoms with E-state index in [1.165, 1.54) is 4.80 Å². The summed E-state index contributed by atoms with van der Waals surface area (Å²) in [6, 6.07) is 16.9. The molecule has 1 aliphatic heterocycles. The average Bonchev–Trinajstić information content (AvgIpc) is 3.38. The molecule has 0 radical (unpaired) electrons. The van der Waals surface area contributed by atoms with Crippen molar-refractivity contribution in [3.05, 3.63) is 76.6 Å². The molecule has 0 aliphatic carbocycles. The van der Waals surface area contributed by atoms with Gasteiger partial charge >= 0.3 is 6.09 Å². The van der Waals surface area contributed by atoms with Crippen LogP contribution in [0.5, 0.6) is 0 Å². The number of carbonyl (C=O) groups excluding carboxylic acids is 1. The van der Waals surface area contributed by atoms with Crippen LogP contribution < -0.4 is 0 Å². The molecule has 7 nitrogen and oxygen atoms in total. The highest BCUT2D eigenvalue weighted by Gasteiger charge is 2.34. The Kier molecular flexibility index (Phi) is 5.53. The van der Waals surface area contributed by atoms with Crippen LogP contribution in [0.1, 0.15) is 35.8 Å². The van der Waals surface area contributed by atoms with Gasteiger partial charge in [-0.3, -0.25) is 4.90 Å². The highest BCUT2D eigenvalue weighted by molar-refractivity contribution is 6.30. The van der Waals surface area contributed by atoms with E-state index >= 15 is 0 Å². The standard InChI is InChI=1S/C20H20ClN5O2/c21-17-10-8-15(9-11-17)13-26-23-19(22-24-26)18-7-4-12-25(18)20(27)28-14-16-5-2-1-3-6-16/h1-3,5-6,8-11,18H,4,7,12-14H2/t18-/m1/s1. The molecule has 1 aliphatic rings. The zero-order valence-corrected chi connectivity index (χ0v) is 16.0. The van der Waals surface area contributed by atoms with Crippen molar-refractivity contribution >= 4 is 17.7 Å². The summed E-state index contributed by atoms with van der Waals surface area (Å²) in [6.07, 6.45) is 1.34. The van der Waals surface area contributed by atoms with E-state index in [4.69, 9.17) is 16.3 Å². The fourth-order valence-corrected chi connectivity index (χ4v) is 3.39. The quantitative estimate of drug-likeness (QED) is 0.653. The van der Waals surface area contributed by atoms with Gasteiger partial charge in [-0.1, -0.05) is 54.1 Å². The predicted octanol–water partition coefficient (Wildman–Crippen LogP) is 3.85. The molecule has 0 bridgehead atoms. The lowest BCUT2D eigenvalue weighted by Gasteiger charge is -2.21. The highest BCUT2D eigenvalue weighted by atomic mass is 35.5. The number of tetrazole rings is 1. The summed E-state index contributed by atoms with van der Waals surface area (Å²) in [5.74, 6) is 0.545. The van der Waals surface area contributed by atoms with Gasteiger partial charge in [-0.05, 0) is 41.3 Å². The van der Waals surface area contributed by atoms with Crippen molar-refractivity contribution in [3.8, 4) is 0 Å². The number of halogens is 1. The van der Waals surface area contributed by atoms with Gasteiger partial charge in [0, 0.05) is 11.6 Å². The molecule has 1 atom stereocenters. The van der Waals surface area contributed by atoms with E-state index in [1.807, 2.05) is 54.6 Å². The van der Waals surface area contributed by atoms with Crippen LogP contribution in [0.3, 0.4) is 0 Å². The maximum Gasteiger partial charge on any atom is 0.410 e. The highest BCUT2D eigenvalue weighted by Crippen LogP contribution is 2.30. The van der Waals surface area contributed by atoms with E-state index in [1.54, 1.807) is 4.90 Å². The molecule has 1 aromatic heterocycles. The molecule has 4 rings (SSSR count). The van der Waals surface area contributed by atoms with Gasteiger partial charge in [-0.2, -0.15) is 4.80 Å². The number of likely N-dealkylation sites (tertiary alicyclic amines) is 1. The van der Waals surface area contributed by atoms with Crippen molar-refractivity contribution in [2.75, 3.05) is 6.54 Å². The minimum atomic E-state index is -0.347. The van der Waals surface area contributed by atoms with Crippen molar-refractivity contribution in [1.29, 1.82) is 0 Å². The SMILES string of the molecule is O=C(OCc1ccccc1)N1CCC[C@@H]1c1nnn(Cc2ccc(Cl)cc2)n1. The van der Waals surface area contributed by atoms with E-state index < -0.39 is 0 Å². The predicted molar refractivity (Wildman–Crippen MR) is 104 cm³/mol. The Hall–Kier alpha value is -2.93. The van der Waals surface area contributed by atoms with Gasteiger partial charge in [0.1, 0.15) is 6.61 Å². The second-order valence-corrected chi connectivity index (χ2v) is 7.13. The minimum absolute atomic E-state index is 0.206. The largest absolute Gasteiger partial charge is 0.445 e. The number of amides is 1. The van der Waals surface area contributed by atoms with Crippen LogP contribution in [0.4, 0.5) is 4.79 Å². The Morgan fingerprint density at radius 1 is 1.11 bits per heavy atom. The summed E-state index contributed by atoms with van der Waals surface area (Å²) in [5.41, 5.74) is 1.98. The van der Waals surface area contributed by atoms with Gasteiger partial charge in [0.2, 0.25) is 0 Å². The molecule has 1 saturated heterocycles. The van der Waals surface area contributed by atoms with Crippen molar-refractivity contribution < 1.29 is 9.53 Å². The molecule has 0 unspecified atom stereocenters. The van der Waals surface area contributed by atoms with Crippen molar-refractivity contribution in [2.45, 2.75) is 32.0 Å². The molecule has 2 aromatic carbocycles. The molecule has 144 valence electrons. The summed E-state index contributed by atoms with van der Waals surface area (Å²) in [6.45, 7) is 1.37. The number of ether oxygens (including phenoxy) is 1. The number of carbonyl (C=O) groups is 1. The van der Waals surface area contributed by atoms with Gasteiger partial charge in [-0.25, -0.2) is 4.79 Å². The van der Waals surface area contributed by atoms with Crippen LogP contribution in [0.25, 0.3) is 0 Å². The van der Waals surface area contributed by atoms with Crippen molar-refractivity contribution in [3.63, 3.8) is 0 Å². The number of rotatable bonds is 5. The van der Waals surface area contributed by atoms with Crippen LogP contribution in [-0.2, 0) is 17.9 Å². The van der Waals surface area contributed by atoms with E-state index in [0.717, 1.165) is 24.0 Å². The molecular weight excluding hydrogens is 378 g/mol. The molecule has 1 fully saturated rings. The lowest BCUT2D eigenvalue weighted by Crippen LogP contribution is -2.31. The number of hydrogen-bond donors (Lipinski definition) is 0. The van der Waals surface area contributed by atoms with Crippen LogP contribution in [0.2, 0.25) is 5.02 Å². The zero-order chi connectivity index (χ0) is 19.3. The van der Waals surface area contributed by atoms with E-state index in [9.17, 15) is 4.79 Å². The van der Waals surface area contributed by atoms with Crippen LogP contribution >= 0.6 is 11.6 Å². The molecule has 28 heavy (non-hydrogen) atoms. The minimum Gasteiger partial charge on any atom is -0.445 e. The molecule has 1 amide bonds. The number of nitrogens with zero attached hydrogens (tertiary/aromatic N) is 5. The second kappa shape index (κ2) is 8.39. The number of hydrogen-bond acceptors (Lipinski definition) is 5. The maximum absolute atomic E-state index is 12.5. The fourth-order valence-electron chi connectivity index (χ4n) is 3.26. The van der Waals surface area contributed by atoms with E-state index in [0.29, 0.717) is 23.9 Å². The lowest BCUT2D eigenvalue weighted by molar-refractivity contribution is 0.0908. The van der Waals surface area contributed by atoms with Crippen molar-refractivity contribution in [2.24, 2.45) is 0 Å². The zero-order valence-electron chi connectivity index (χ0n) is 15.2. The van der Waals surface area contributed by atoms with Crippen molar-refractivity contribution in [1.82, 2.24) is 25.1 Å². The summed E-state index contributed by atoms with van der Waals surface area (Å²) in [5, 5.41) is 13.5. The first-order valence-electron chi connectivity index (χ1n) is 9.18. The monoisotopic (exact) mass is 397 g/mol. The topological polar surface area (TPSA) is 73.1 Å². The van der Waals surface area contributed by atoms with Crippen LogP contribution in [-0.4, -0.2) is 37.7 Å². The molecule has 0 saturated carbocycles. The summed E-state index contributed by atoms with van der Waals surface area (Å²) in [4.78, 5) is 15.8. The summed E-state index contributed by atoms with van der Waals surface area (Å²) < 4.78 is 5.47. The summed E-state index contributed by atoms with van der Waals surface area (Å²) in [7, 11) is 0. The Morgan fingerprint density at radius 3 is 2.68 bits per heavy atom. The average molecular weight is 398 g/mol. The third kappa shape index (κ3) is 4.31. The number of benzene rings is 2. The van der Waals surface area contributed by atoms with Gasteiger partial charge in [-0.15, -0.1) is 10.2 Å². The van der Waals surface area contributed by atoms with Gasteiger partial charge in [0.05, 0.1) is 12.6 Å². The van der Waals surface area contributed by atoms with E-state index in [-0.39, 0.29) is 18.7 Å². The third-order valence-corrected chi connectivity index (χ3v) is 4.95. The first kappa shape index (κ1) is 18.4. The fraction of sp³-hybridized carbons (Fsp3) is 0.300. The molecule has 3 aromatic rings. The molecule has 2 heterocycles. The smallest absolute Gasteiger partial charge is 0.410 e. The lowest BCUT2D eigenvalue weighted by atomic mass is 10.2. The first-order chi connectivity index (χ1) is 13.7. The number of aromatic nitrogens is 4. The Labute approximate surface area is 167 Å².